The molecule has 25 heavy (non-hydrogen) atoms. The lowest BCUT2D eigenvalue weighted by molar-refractivity contribution is 0.102. The summed E-state index contributed by atoms with van der Waals surface area (Å²) in [6, 6.07) is 9.24. The number of benzene rings is 1. The van der Waals surface area contributed by atoms with E-state index >= 15 is 0 Å². The van der Waals surface area contributed by atoms with Gasteiger partial charge in [-0.25, -0.2) is 9.97 Å². The predicted molar refractivity (Wildman–Crippen MR) is 95.2 cm³/mol. The van der Waals surface area contributed by atoms with Gasteiger partial charge < -0.3 is 15.2 Å². The Balaban J connectivity index is 1.85. The number of carbonyl (C=O) groups excluding carboxylic acids is 1. The van der Waals surface area contributed by atoms with Crippen LogP contribution in [0.4, 0.5) is 17.3 Å². The molecule has 2 aromatic heterocycles. The summed E-state index contributed by atoms with van der Waals surface area (Å²) in [6.45, 7) is 7.58. The molecule has 0 aliphatic carbocycles. The van der Waals surface area contributed by atoms with Gasteiger partial charge in [0.15, 0.2) is 5.82 Å². The Morgan fingerprint density at radius 3 is 2.56 bits per heavy atom. The lowest BCUT2D eigenvalue weighted by atomic mass is 10.1. The van der Waals surface area contributed by atoms with E-state index in [1.165, 1.54) is 5.56 Å². The highest BCUT2D eigenvalue weighted by atomic mass is 16.5. The fourth-order valence-electron chi connectivity index (χ4n) is 2.38. The average Bonchev–Trinajstić information content (AvgIpc) is 2.96. The Kier molecular flexibility index (Phi) is 4.47. The zero-order valence-electron chi connectivity index (χ0n) is 14.5. The number of hydrogen-bond donors (Lipinski definition) is 2. The Labute approximate surface area is 145 Å². The van der Waals surface area contributed by atoms with Crippen molar-refractivity contribution in [2.75, 3.05) is 10.6 Å². The second kappa shape index (κ2) is 6.72. The van der Waals surface area contributed by atoms with Crippen LogP contribution in [0.3, 0.4) is 0 Å². The maximum absolute atomic E-state index is 12.4. The van der Waals surface area contributed by atoms with Crippen molar-refractivity contribution in [3.8, 4) is 0 Å². The number of hydrogen-bond acceptors (Lipinski definition) is 6. The number of nitrogens with one attached hydrogen (secondary N) is 2. The van der Waals surface area contributed by atoms with E-state index in [9.17, 15) is 4.79 Å². The maximum Gasteiger partial charge on any atom is 0.275 e. The highest BCUT2D eigenvalue weighted by Crippen LogP contribution is 2.22. The van der Waals surface area contributed by atoms with Gasteiger partial charge in [0.1, 0.15) is 23.1 Å². The smallest absolute Gasteiger partial charge is 0.275 e. The van der Waals surface area contributed by atoms with Crippen LogP contribution in [0.25, 0.3) is 0 Å². The van der Waals surface area contributed by atoms with E-state index in [0.717, 1.165) is 11.3 Å². The summed E-state index contributed by atoms with van der Waals surface area (Å²) >= 11 is 0. The van der Waals surface area contributed by atoms with Gasteiger partial charge in [0.2, 0.25) is 0 Å². The van der Waals surface area contributed by atoms with E-state index < -0.39 is 0 Å². The maximum atomic E-state index is 12.4. The van der Waals surface area contributed by atoms with E-state index in [2.05, 4.69) is 25.8 Å². The molecule has 0 spiro atoms. The first-order chi connectivity index (χ1) is 11.9. The fraction of sp³-hybridized carbons (Fsp3) is 0.222. The predicted octanol–water partition coefficient (Wildman–Crippen LogP) is 3.69. The first-order valence-electron chi connectivity index (χ1n) is 7.86. The Hall–Kier alpha value is -3.22. The number of aryl methyl sites for hydroxylation is 3. The van der Waals surface area contributed by atoms with Gasteiger partial charge in [-0.2, -0.15) is 0 Å². The molecule has 2 N–H and O–H groups in total. The minimum atomic E-state index is -0.372. The number of carbonyl (C=O) groups is 1. The molecule has 7 heteroatoms. The van der Waals surface area contributed by atoms with Crippen LogP contribution in [-0.2, 0) is 0 Å². The minimum Gasteiger partial charge on any atom is -0.360 e. The lowest BCUT2D eigenvalue weighted by Gasteiger charge is -2.12. The molecule has 3 rings (SSSR count). The van der Waals surface area contributed by atoms with Crippen LogP contribution in [0.1, 0.15) is 33.2 Å². The third kappa shape index (κ3) is 3.82. The summed E-state index contributed by atoms with van der Waals surface area (Å²) in [6.07, 6.45) is 0. The molecule has 0 atom stereocenters. The Morgan fingerprint density at radius 2 is 1.84 bits per heavy atom. The van der Waals surface area contributed by atoms with Crippen molar-refractivity contribution in [3.63, 3.8) is 0 Å². The summed E-state index contributed by atoms with van der Waals surface area (Å²) < 4.78 is 4.94. The molecule has 3 aromatic rings. The van der Waals surface area contributed by atoms with Crippen LogP contribution in [0.5, 0.6) is 0 Å². The monoisotopic (exact) mass is 337 g/mol. The van der Waals surface area contributed by atoms with Crippen LogP contribution in [-0.4, -0.2) is 21.0 Å². The molecule has 0 unspecified atom stereocenters. The lowest BCUT2D eigenvalue weighted by Crippen LogP contribution is -2.15. The standard InChI is InChI=1S/C18H19N5O2/c1-10-6-5-7-14(12(10)3)21-16-9-15(19-13(4)20-16)18(24)22-17-8-11(2)25-23-17/h5-9H,1-4H3,(H,19,20,21)(H,22,23,24). The minimum absolute atomic E-state index is 0.251. The van der Waals surface area contributed by atoms with Gasteiger partial charge in [-0.1, -0.05) is 17.3 Å². The molecule has 1 aromatic carbocycles. The molecule has 0 fully saturated rings. The number of nitrogens with zero attached hydrogens (tertiary/aromatic N) is 3. The highest BCUT2D eigenvalue weighted by molar-refractivity contribution is 6.02. The average molecular weight is 337 g/mol. The Bertz CT molecular complexity index is 933. The molecular formula is C18H19N5O2. The van der Waals surface area contributed by atoms with Gasteiger partial charge in [0, 0.05) is 17.8 Å². The van der Waals surface area contributed by atoms with E-state index in [0.29, 0.717) is 23.2 Å². The molecule has 7 nitrogen and oxygen atoms in total. The summed E-state index contributed by atoms with van der Waals surface area (Å²) in [4.78, 5) is 20.9. The van der Waals surface area contributed by atoms with E-state index in [1.807, 2.05) is 32.0 Å². The number of anilines is 3. The molecule has 0 bridgehead atoms. The van der Waals surface area contributed by atoms with Crippen molar-refractivity contribution < 1.29 is 9.32 Å². The van der Waals surface area contributed by atoms with Crippen LogP contribution in [0.2, 0.25) is 0 Å². The zero-order chi connectivity index (χ0) is 18.0. The SMILES string of the molecule is Cc1nc(Nc2cccc(C)c2C)cc(C(=O)Nc2cc(C)on2)n1. The number of amides is 1. The highest BCUT2D eigenvalue weighted by Gasteiger charge is 2.13. The molecule has 0 saturated heterocycles. The van der Waals surface area contributed by atoms with E-state index in [4.69, 9.17) is 4.52 Å². The van der Waals surface area contributed by atoms with Crippen LogP contribution < -0.4 is 10.6 Å². The second-order valence-corrected chi connectivity index (χ2v) is 5.84. The quantitative estimate of drug-likeness (QED) is 0.754. The fourth-order valence-corrected chi connectivity index (χ4v) is 2.38. The van der Waals surface area contributed by atoms with Crippen molar-refractivity contribution in [3.05, 3.63) is 58.7 Å². The van der Waals surface area contributed by atoms with Crippen molar-refractivity contribution in [1.29, 1.82) is 0 Å². The van der Waals surface area contributed by atoms with Crippen molar-refractivity contribution in [1.82, 2.24) is 15.1 Å². The van der Waals surface area contributed by atoms with E-state index in [-0.39, 0.29) is 11.6 Å². The van der Waals surface area contributed by atoms with Gasteiger partial charge >= 0.3 is 0 Å². The summed E-state index contributed by atoms with van der Waals surface area (Å²) in [5.74, 6) is 1.65. The third-order valence-electron chi connectivity index (χ3n) is 3.81. The first-order valence-corrected chi connectivity index (χ1v) is 7.86. The molecule has 2 heterocycles. The third-order valence-corrected chi connectivity index (χ3v) is 3.81. The van der Waals surface area contributed by atoms with Crippen molar-refractivity contribution in [2.45, 2.75) is 27.7 Å². The van der Waals surface area contributed by atoms with E-state index in [1.54, 1.807) is 26.0 Å². The van der Waals surface area contributed by atoms with Gasteiger partial charge in [-0.05, 0) is 44.9 Å². The largest absolute Gasteiger partial charge is 0.360 e. The Morgan fingerprint density at radius 1 is 1.04 bits per heavy atom. The number of rotatable bonds is 4. The summed E-state index contributed by atoms with van der Waals surface area (Å²) in [5, 5.41) is 9.66. The molecule has 128 valence electrons. The summed E-state index contributed by atoms with van der Waals surface area (Å²) in [5.41, 5.74) is 3.50. The van der Waals surface area contributed by atoms with Gasteiger partial charge in [-0.15, -0.1) is 0 Å². The van der Waals surface area contributed by atoms with Crippen LogP contribution in [0.15, 0.2) is 34.9 Å². The van der Waals surface area contributed by atoms with Gasteiger partial charge in [0.05, 0.1) is 0 Å². The van der Waals surface area contributed by atoms with Crippen molar-refractivity contribution in [2.24, 2.45) is 0 Å². The van der Waals surface area contributed by atoms with Crippen LogP contribution >= 0.6 is 0 Å². The first kappa shape index (κ1) is 16.6. The van der Waals surface area contributed by atoms with Crippen molar-refractivity contribution >= 4 is 23.2 Å². The molecule has 0 saturated carbocycles. The molecule has 0 aliphatic heterocycles. The second-order valence-electron chi connectivity index (χ2n) is 5.84. The molecule has 0 aliphatic rings. The van der Waals surface area contributed by atoms with Crippen LogP contribution in [0, 0.1) is 27.7 Å². The number of aromatic nitrogens is 3. The summed E-state index contributed by atoms with van der Waals surface area (Å²) in [7, 11) is 0. The molecular weight excluding hydrogens is 318 g/mol. The van der Waals surface area contributed by atoms with Gasteiger partial charge in [0.25, 0.3) is 5.91 Å². The van der Waals surface area contributed by atoms with Gasteiger partial charge in [-0.3, -0.25) is 4.79 Å². The topological polar surface area (TPSA) is 92.9 Å². The normalized spacial score (nSPS) is 10.6. The molecule has 0 radical (unpaired) electrons. The zero-order valence-corrected chi connectivity index (χ0v) is 14.5. The molecule has 1 amide bonds.